The second kappa shape index (κ2) is 8.97. The maximum atomic E-state index is 13.2. The van der Waals surface area contributed by atoms with Gasteiger partial charge in [-0.05, 0) is 67.7 Å². The lowest BCUT2D eigenvalue weighted by Gasteiger charge is -2.36. The number of fused-ring (bicyclic) bond motifs is 1. The molecule has 4 rings (SSSR count). The van der Waals surface area contributed by atoms with Crippen molar-refractivity contribution in [2.45, 2.75) is 63.3 Å². The number of amides is 1. The van der Waals surface area contributed by atoms with Crippen molar-refractivity contribution in [1.29, 1.82) is 0 Å². The molecule has 6 nitrogen and oxygen atoms in total. The lowest BCUT2D eigenvalue weighted by atomic mass is 9.92. The Hall–Kier alpha value is -1.44. The van der Waals surface area contributed by atoms with E-state index in [0.717, 1.165) is 45.2 Å². The molecule has 2 aliphatic heterocycles. The van der Waals surface area contributed by atoms with Crippen LogP contribution >= 0.6 is 0 Å². The Balaban J connectivity index is 1.37. The van der Waals surface area contributed by atoms with Crippen molar-refractivity contribution in [3.8, 4) is 0 Å². The predicted molar refractivity (Wildman–Crippen MR) is 118 cm³/mol. The molecular formula is C23H35N3O3S. The standard InChI is InChI=1S/C23H35N3O3S/c1-18(2)9-11-25-12-10-22(23(25)27)24-13-15-26(16-14-24)30(28,29)21-8-7-19-5-3-4-6-20(19)17-21/h7-8,17-18,22H,3-6,9-16H2,1-2H3. The number of hydrogen-bond acceptors (Lipinski definition) is 4. The van der Waals surface area contributed by atoms with E-state index in [1.54, 1.807) is 10.4 Å². The van der Waals surface area contributed by atoms with Crippen LogP contribution in [0.5, 0.6) is 0 Å². The summed E-state index contributed by atoms with van der Waals surface area (Å²) in [6.07, 6.45) is 6.25. The molecule has 1 amide bonds. The van der Waals surface area contributed by atoms with E-state index in [1.165, 1.54) is 17.5 Å². The molecule has 3 aliphatic rings. The monoisotopic (exact) mass is 433 g/mol. The van der Waals surface area contributed by atoms with Gasteiger partial charge in [0.25, 0.3) is 0 Å². The molecule has 0 aromatic heterocycles. The minimum absolute atomic E-state index is 0.0780. The van der Waals surface area contributed by atoms with Crippen LogP contribution in [-0.4, -0.2) is 73.7 Å². The van der Waals surface area contributed by atoms with Crippen LogP contribution in [0.4, 0.5) is 0 Å². The molecule has 1 aromatic rings. The highest BCUT2D eigenvalue weighted by Crippen LogP contribution is 2.27. The quantitative estimate of drug-likeness (QED) is 0.692. The zero-order valence-electron chi connectivity index (χ0n) is 18.3. The molecule has 2 fully saturated rings. The third-order valence-corrected chi connectivity index (χ3v) is 8.81. The summed E-state index contributed by atoms with van der Waals surface area (Å²) in [6, 6.07) is 5.59. The summed E-state index contributed by atoms with van der Waals surface area (Å²) in [5, 5.41) is 0. The van der Waals surface area contributed by atoms with Crippen molar-refractivity contribution < 1.29 is 13.2 Å². The van der Waals surface area contributed by atoms with Crippen LogP contribution in [0.25, 0.3) is 0 Å². The summed E-state index contributed by atoms with van der Waals surface area (Å²) in [5.74, 6) is 0.816. The highest BCUT2D eigenvalue weighted by molar-refractivity contribution is 7.89. The maximum absolute atomic E-state index is 13.2. The van der Waals surface area contributed by atoms with E-state index in [0.29, 0.717) is 37.0 Å². The van der Waals surface area contributed by atoms with Crippen molar-refractivity contribution in [3.05, 3.63) is 29.3 Å². The summed E-state index contributed by atoms with van der Waals surface area (Å²) in [7, 11) is -3.47. The SMILES string of the molecule is CC(C)CCN1CCC(N2CCN(S(=O)(=O)c3ccc4c(c3)CCCC4)CC2)C1=O. The fourth-order valence-electron chi connectivity index (χ4n) is 4.97. The zero-order valence-corrected chi connectivity index (χ0v) is 19.2. The molecule has 166 valence electrons. The van der Waals surface area contributed by atoms with Gasteiger partial charge in [0.1, 0.15) is 0 Å². The number of nitrogens with zero attached hydrogens (tertiary/aromatic N) is 3. The Bertz CT molecular complexity index is 876. The number of rotatable bonds is 6. The van der Waals surface area contributed by atoms with Gasteiger partial charge in [-0.2, -0.15) is 4.31 Å². The van der Waals surface area contributed by atoms with Gasteiger partial charge in [-0.15, -0.1) is 0 Å². The first kappa shape index (κ1) is 21.8. The number of piperazine rings is 1. The Kier molecular flexibility index (Phi) is 6.51. The van der Waals surface area contributed by atoms with E-state index in [1.807, 2.05) is 17.0 Å². The lowest BCUT2D eigenvalue weighted by Crippen LogP contribution is -2.53. The molecule has 0 bridgehead atoms. The summed E-state index contributed by atoms with van der Waals surface area (Å²) >= 11 is 0. The second-order valence-electron chi connectivity index (χ2n) is 9.39. The van der Waals surface area contributed by atoms with Gasteiger partial charge in [-0.1, -0.05) is 19.9 Å². The fourth-order valence-corrected chi connectivity index (χ4v) is 6.45. The number of hydrogen-bond donors (Lipinski definition) is 0. The van der Waals surface area contributed by atoms with Crippen LogP contribution in [-0.2, 0) is 27.7 Å². The third-order valence-electron chi connectivity index (χ3n) is 6.92. The van der Waals surface area contributed by atoms with E-state index in [4.69, 9.17) is 0 Å². The Morgan fingerprint density at radius 3 is 2.40 bits per heavy atom. The van der Waals surface area contributed by atoms with Crippen molar-refractivity contribution in [1.82, 2.24) is 14.1 Å². The molecule has 2 saturated heterocycles. The van der Waals surface area contributed by atoms with E-state index < -0.39 is 10.0 Å². The number of sulfonamides is 1. The average Bonchev–Trinajstić information content (AvgIpc) is 3.12. The smallest absolute Gasteiger partial charge is 0.243 e. The minimum Gasteiger partial charge on any atom is -0.341 e. The number of likely N-dealkylation sites (tertiary alicyclic amines) is 1. The Morgan fingerprint density at radius 2 is 1.70 bits per heavy atom. The normalized spacial score (nSPS) is 23.9. The molecular weight excluding hydrogens is 398 g/mol. The van der Waals surface area contributed by atoms with Crippen molar-refractivity contribution in [3.63, 3.8) is 0 Å². The number of carbonyl (C=O) groups excluding carboxylic acids is 1. The first-order chi connectivity index (χ1) is 14.4. The van der Waals surface area contributed by atoms with E-state index >= 15 is 0 Å². The molecule has 0 radical (unpaired) electrons. The van der Waals surface area contributed by atoms with Gasteiger partial charge in [0, 0.05) is 39.3 Å². The molecule has 1 aromatic carbocycles. The summed E-state index contributed by atoms with van der Waals surface area (Å²) < 4.78 is 28.0. The van der Waals surface area contributed by atoms with Gasteiger partial charge in [0.05, 0.1) is 10.9 Å². The maximum Gasteiger partial charge on any atom is 0.243 e. The predicted octanol–water partition coefficient (Wildman–Crippen LogP) is 2.52. The molecule has 7 heteroatoms. The van der Waals surface area contributed by atoms with Gasteiger partial charge < -0.3 is 4.90 Å². The van der Waals surface area contributed by atoms with Crippen LogP contribution in [0, 0.1) is 5.92 Å². The Morgan fingerprint density at radius 1 is 1.00 bits per heavy atom. The molecule has 0 N–H and O–H groups in total. The molecule has 1 unspecified atom stereocenters. The van der Waals surface area contributed by atoms with Crippen molar-refractivity contribution in [2.24, 2.45) is 5.92 Å². The van der Waals surface area contributed by atoms with Gasteiger partial charge in [0.2, 0.25) is 15.9 Å². The summed E-state index contributed by atoms with van der Waals surface area (Å²) in [4.78, 5) is 17.4. The fraction of sp³-hybridized carbons (Fsp3) is 0.696. The zero-order chi connectivity index (χ0) is 21.3. The highest BCUT2D eigenvalue weighted by atomic mass is 32.2. The molecule has 1 aliphatic carbocycles. The van der Waals surface area contributed by atoms with Crippen LogP contribution in [0.3, 0.4) is 0 Å². The number of carbonyl (C=O) groups is 1. The van der Waals surface area contributed by atoms with Crippen LogP contribution < -0.4 is 0 Å². The first-order valence-electron chi connectivity index (χ1n) is 11.5. The molecule has 2 heterocycles. The van der Waals surface area contributed by atoms with Crippen molar-refractivity contribution in [2.75, 3.05) is 39.3 Å². The van der Waals surface area contributed by atoms with Crippen LogP contribution in [0.2, 0.25) is 0 Å². The molecule has 1 atom stereocenters. The highest BCUT2D eigenvalue weighted by Gasteiger charge is 2.38. The Labute approximate surface area is 181 Å². The summed E-state index contributed by atoms with van der Waals surface area (Å²) in [5.41, 5.74) is 2.49. The summed E-state index contributed by atoms with van der Waals surface area (Å²) in [6.45, 7) is 8.17. The van der Waals surface area contributed by atoms with Gasteiger partial charge in [-0.25, -0.2) is 8.42 Å². The number of aryl methyl sites for hydroxylation is 2. The molecule has 30 heavy (non-hydrogen) atoms. The van der Waals surface area contributed by atoms with Gasteiger partial charge in [-0.3, -0.25) is 9.69 Å². The largest absolute Gasteiger partial charge is 0.341 e. The minimum atomic E-state index is -3.47. The second-order valence-corrected chi connectivity index (χ2v) is 11.3. The average molecular weight is 434 g/mol. The van der Waals surface area contributed by atoms with E-state index in [9.17, 15) is 13.2 Å². The van der Waals surface area contributed by atoms with E-state index in [2.05, 4.69) is 18.7 Å². The third kappa shape index (κ3) is 4.43. The molecule has 0 saturated carbocycles. The first-order valence-corrected chi connectivity index (χ1v) is 12.9. The van der Waals surface area contributed by atoms with Crippen LogP contribution in [0.15, 0.2) is 23.1 Å². The van der Waals surface area contributed by atoms with Crippen LogP contribution in [0.1, 0.15) is 50.7 Å². The van der Waals surface area contributed by atoms with E-state index in [-0.39, 0.29) is 11.9 Å². The van der Waals surface area contributed by atoms with Gasteiger partial charge >= 0.3 is 0 Å². The topological polar surface area (TPSA) is 60.9 Å². The number of benzene rings is 1. The van der Waals surface area contributed by atoms with Gasteiger partial charge in [0.15, 0.2) is 0 Å². The van der Waals surface area contributed by atoms with Crippen molar-refractivity contribution >= 4 is 15.9 Å². The molecule has 0 spiro atoms. The lowest BCUT2D eigenvalue weighted by molar-refractivity contribution is -0.132.